The molecule has 1 fully saturated rings. The highest BCUT2D eigenvalue weighted by atomic mass is 32.2. The van der Waals surface area contributed by atoms with Crippen LogP contribution in [0.1, 0.15) is 35.0 Å². The van der Waals surface area contributed by atoms with Crippen LogP contribution in [0.4, 0.5) is 5.69 Å². The van der Waals surface area contributed by atoms with Crippen molar-refractivity contribution in [1.82, 2.24) is 9.88 Å². The van der Waals surface area contributed by atoms with E-state index in [0.29, 0.717) is 31.8 Å². The SMILES string of the molecule is CSc1ccc([N+](=O)[O-])c(C(=O)N2CCC(c3nc4ccccc4o3)CC2)c1. The number of likely N-dealkylation sites (tertiary alicyclic amines) is 1. The summed E-state index contributed by atoms with van der Waals surface area (Å²) in [4.78, 5) is 30.9. The highest BCUT2D eigenvalue weighted by Gasteiger charge is 2.30. The van der Waals surface area contributed by atoms with Gasteiger partial charge in [-0.3, -0.25) is 14.9 Å². The van der Waals surface area contributed by atoms with Crippen molar-refractivity contribution >= 4 is 34.5 Å². The molecule has 0 aliphatic carbocycles. The van der Waals surface area contributed by atoms with Gasteiger partial charge >= 0.3 is 0 Å². The van der Waals surface area contributed by atoms with Gasteiger partial charge in [-0.2, -0.15) is 0 Å². The van der Waals surface area contributed by atoms with E-state index in [-0.39, 0.29) is 23.1 Å². The van der Waals surface area contributed by atoms with Crippen molar-refractivity contribution in [3.8, 4) is 0 Å². The quantitative estimate of drug-likeness (QED) is 0.366. The highest BCUT2D eigenvalue weighted by molar-refractivity contribution is 7.98. The number of nitrogens with zero attached hydrogens (tertiary/aromatic N) is 3. The molecule has 1 aliphatic heterocycles. The number of thioether (sulfide) groups is 1. The number of para-hydroxylation sites is 2. The van der Waals surface area contributed by atoms with E-state index < -0.39 is 4.92 Å². The summed E-state index contributed by atoms with van der Waals surface area (Å²) < 4.78 is 5.86. The molecule has 0 atom stereocenters. The maximum Gasteiger partial charge on any atom is 0.282 e. The zero-order valence-electron chi connectivity index (χ0n) is 15.3. The largest absolute Gasteiger partial charge is 0.440 e. The summed E-state index contributed by atoms with van der Waals surface area (Å²) in [5.74, 6) is 0.547. The molecule has 1 aromatic heterocycles. The minimum atomic E-state index is -0.498. The monoisotopic (exact) mass is 397 g/mol. The number of hydrogen-bond acceptors (Lipinski definition) is 6. The molecule has 7 nitrogen and oxygen atoms in total. The van der Waals surface area contributed by atoms with Crippen LogP contribution in [0.15, 0.2) is 51.8 Å². The lowest BCUT2D eigenvalue weighted by Gasteiger charge is -2.30. The van der Waals surface area contributed by atoms with Crippen molar-refractivity contribution in [3.05, 3.63) is 64.0 Å². The van der Waals surface area contributed by atoms with Crippen LogP contribution in [-0.4, -0.2) is 40.1 Å². The number of carbonyl (C=O) groups excluding carboxylic acids is 1. The molecule has 1 saturated heterocycles. The van der Waals surface area contributed by atoms with Crippen LogP contribution in [0.2, 0.25) is 0 Å². The molecule has 2 aromatic carbocycles. The van der Waals surface area contributed by atoms with Gasteiger partial charge in [-0.15, -0.1) is 11.8 Å². The smallest absolute Gasteiger partial charge is 0.282 e. The normalized spacial score (nSPS) is 15.1. The lowest BCUT2D eigenvalue weighted by Crippen LogP contribution is -2.38. The molecule has 1 amide bonds. The van der Waals surface area contributed by atoms with Crippen LogP contribution in [0.25, 0.3) is 11.1 Å². The van der Waals surface area contributed by atoms with Crippen molar-refractivity contribution in [2.45, 2.75) is 23.7 Å². The first-order valence-corrected chi connectivity index (χ1v) is 10.3. The summed E-state index contributed by atoms with van der Waals surface area (Å²) in [5, 5.41) is 11.3. The minimum Gasteiger partial charge on any atom is -0.440 e. The van der Waals surface area contributed by atoms with Gasteiger partial charge in [-0.05, 0) is 43.4 Å². The molecule has 0 spiro atoms. The minimum absolute atomic E-state index is 0.143. The predicted octanol–water partition coefficient (Wildman–Crippen LogP) is 4.48. The van der Waals surface area contributed by atoms with Gasteiger partial charge in [0.2, 0.25) is 0 Å². The number of nitro benzene ring substituents is 1. The summed E-state index contributed by atoms with van der Waals surface area (Å²) in [6.07, 6.45) is 3.31. The zero-order valence-corrected chi connectivity index (χ0v) is 16.1. The molecule has 0 radical (unpaired) electrons. The lowest BCUT2D eigenvalue weighted by molar-refractivity contribution is -0.385. The van der Waals surface area contributed by atoms with Gasteiger partial charge in [0, 0.05) is 30.0 Å². The molecule has 3 aromatic rings. The van der Waals surface area contributed by atoms with E-state index in [1.807, 2.05) is 30.5 Å². The number of carbonyl (C=O) groups is 1. The van der Waals surface area contributed by atoms with E-state index in [1.165, 1.54) is 17.8 Å². The highest BCUT2D eigenvalue weighted by Crippen LogP contribution is 2.32. The summed E-state index contributed by atoms with van der Waals surface area (Å²) in [6.45, 7) is 1.03. The Labute approximate surface area is 165 Å². The third kappa shape index (κ3) is 3.47. The third-order valence-electron chi connectivity index (χ3n) is 5.07. The maximum atomic E-state index is 13.0. The second kappa shape index (κ2) is 7.63. The average Bonchev–Trinajstić information content (AvgIpc) is 3.17. The molecule has 2 heterocycles. The summed E-state index contributed by atoms with van der Waals surface area (Å²) >= 11 is 1.45. The molecule has 0 saturated carbocycles. The molecule has 8 heteroatoms. The number of benzene rings is 2. The number of nitro groups is 1. The Bertz CT molecular complexity index is 1010. The Kier molecular flexibility index (Phi) is 5.04. The number of aromatic nitrogens is 1. The first-order valence-electron chi connectivity index (χ1n) is 9.04. The number of oxazole rings is 1. The maximum absolute atomic E-state index is 13.0. The van der Waals surface area contributed by atoms with Crippen LogP contribution in [-0.2, 0) is 0 Å². The Balaban J connectivity index is 1.50. The fraction of sp³-hybridized carbons (Fsp3) is 0.300. The van der Waals surface area contributed by atoms with E-state index in [1.54, 1.807) is 17.0 Å². The van der Waals surface area contributed by atoms with E-state index >= 15 is 0 Å². The molecular weight excluding hydrogens is 378 g/mol. The van der Waals surface area contributed by atoms with Gasteiger partial charge in [-0.1, -0.05) is 12.1 Å². The topological polar surface area (TPSA) is 89.5 Å². The molecule has 1 aliphatic rings. The van der Waals surface area contributed by atoms with Crippen LogP contribution >= 0.6 is 11.8 Å². The molecule has 144 valence electrons. The summed E-state index contributed by atoms with van der Waals surface area (Å²) in [5.41, 5.74) is 1.60. The first kappa shape index (κ1) is 18.5. The van der Waals surface area contributed by atoms with E-state index in [2.05, 4.69) is 4.98 Å². The summed E-state index contributed by atoms with van der Waals surface area (Å²) in [7, 11) is 0. The van der Waals surface area contributed by atoms with Gasteiger partial charge < -0.3 is 9.32 Å². The number of rotatable bonds is 4. The van der Waals surface area contributed by atoms with Crippen LogP contribution in [0.5, 0.6) is 0 Å². The van der Waals surface area contributed by atoms with E-state index in [4.69, 9.17) is 4.42 Å². The standard InChI is InChI=1S/C20H19N3O4S/c1-28-14-6-7-17(23(25)26)15(12-14)20(24)22-10-8-13(9-11-22)19-21-16-4-2-3-5-18(16)27-19/h2-7,12-13H,8-11H2,1H3. The van der Waals surface area contributed by atoms with Crippen molar-refractivity contribution in [2.24, 2.45) is 0 Å². The van der Waals surface area contributed by atoms with Gasteiger partial charge in [0.1, 0.15) is 11.1 Å². The Hall–Kier alpha value is -2.87. The number of hydrogen-bond donors (Lipinski definition) is 0. The average molecular weight is 397 g/mol. The molecule has 0 bridgehead atoms. The number of fused-ring (bicyclic) bond motifs is 1. The van der Waals surface area contributed by atoms with Crippen LogP contribution in [0.3, 0.4) is 0 Å². The number of amides is 1. The van der Waals surface area contributed by atoms with Crippen LogP contribution < -0.4 is 0 Å². The van der Waals surface area contributed by atoms with Crippen molar-refractivity contribution in [1.29, 1.82) is 0 Å². The fourth-order valence-electron chi connectivity index (χ4n) is 3.54. The molecule has 0 unspecified atom stereocenters. The Morgan fingerprint density at radius 2 is 2.00 bits per heavy atom. The molecule has 0 N–H and O–H groups in total. The fourth-order valence-corrected chi connectivity index (χ4v) is 3.98. The van der Waals surface area contributed by atoms with E-state index in [0.717, 1.165) is 16.0 Å². The van der Waals surface area contributed by atoms with Gasteiger partial charge in [0.15, 0.2) is 11.5 Å². The Morgan fingerprint density at radius 3 is 2.68 bits per heavy atom. The predicted molar refractivity (Wildman–Crippen MR) is 107 cm³/mol. The van der Waals surface area contributed by atoms with Crippen molar-refractivity contribution in [2.75, 3.05) is 19.3 Å². The molecule has 4 rings (SSSR count). The second-order valence-electron chi connectivity index (χ2n) is 6.73. The lowest BCUT2D eigenvalue weighted by atomic mass is 9.96. The zero-order chi connectivity index (χ0) is 19.7. The second-order valence-corrected chi connectivity index (χ2v) is 7.61. The first-order chi connectivity index (χ1) is 13.6. The number of piperidine rings is 1. The van der Waals surface area contributed by atoms with Crippen molar-refractivity contribution in [3.63, 3.8) is 0 Å². The third-order valence-corrected chi connectivity index (χ3v) is 5.80. The van der Waals surface area contributed by atoms with Gasteiger partial charge in [-0.25, -0.2) is 4.98 Å². The molecular formula is C20H19N3O4S. The summed E-state index contributed by atoms with van der Waals surface area (Å²) in [6, 6.07) is 12.3. The van der Waals surface area contributed by atoms with Gasteiger partial charge in [0.25, 0.3) is 11.6 Å². The van der Waals surface area contributed by atoms with Crippen molar-refractivity contribution < 1.29 is 14.1 Å². The van der Waals surface area contributed by atoms with Gasteiger partial charge in [0.05, 0.1) is 4.92 Å². The Morgan fingerprint density at radius 1 is 1.25 bits per heavy atom. The van der Waals surface area contributed by atoms with E-state index in [9.17, 15) is 14.9 Å². The van der Waals surface area contributed by atoms with Crippen LogP contribution in [0, 0.1) is 10.1 Å². The molecule has 28 heavy (non-hydrogen) atoms.